The lowest BCUT2D eigenvalue weighted by molar-refractivity contribution is 0.0942. The van der Waals surface area contributed by atoms with Gasteiger partial charge in [-0.3, -0.25) is 9.78 Å². The molecule has 1 amide bonds. The normalized spacial score (nSPS) is 12.3. The van der Waals surface area contributed by atoms with Crippen LogP contribution in [-0.4, -0.2) is 54.0 Å². The zero-order valence-electron chi connectivity index (χ0n) is 12.1. The van der Waals surface area contributed by atoms with Gasteiger partial charge in [-0.1, -0.05) is 6.92 Å². The molecule has 0 saturated heterocycles. The first-order chi connectivity index (χ1) is 9.08. The summed E-state index contributed by atoms with van der Waals surface area (Å²) in [6.45, 7) is 5.74. The quantitative estimate of drug-likeness (QED) is 0.769. The number of likely N-dealkylation sites (N-methyl/N-ethyl adjacent to an activating group) is 1. The van der Waals surface area contributed by atoms with Gasteiger partial charge in [0.2, 0.25) is 0 Å². The van der Waals surface area contributed by atoms with Crippen LogP contribution in [0.5, 0.6) is 0 Å². The van der Waals surface area contributed by atoms with Gasteiger partial charge < -0.3 is 15.5 Å². The van der Waals surface area contributed by atoms with E-state index in [1.54, 1.807) is 13.2 Å². The number of carbonyl (C=O) groups excluding carboxylic acids is 1. The average Bonchev–Trinajstić information content (AvgIpc) is 2.46. The van der Waals surface area contributed by atoms with Crippen LogP contribution in [0, 0.1) is 0 Å². The second-order valence-electron chi connectivity index (χ2n) is 4.53. The lowest BCUT2D eigenvalue weighted by Crippen LogP contribution is -2.37. The number of nitrogens with zero attached hydrogens (tertiary/aromatic N) is 3. The largest absolute Gasteiger partial charge is 0.372 e. The summed E-state index contributed by atoms with van der Waals surface area (Å²) in [4.78, 5) is 22.2. The molecule has 0 aliphatic rings. The molecule has 1 unspecified atom stereocenters. The molecule has 1 rings (SSSR count). The van der Waals surface area contributed by atoms with Crippen LogP contribution in [0.4, 0.5) is 5.82 Å². The molecule has 1 heterocycles. The zero-order valence-corrected chi connectivity index (χ0v) is 12.1. The van der Waals surface area contributed by atoms with Crippen LogP contribution < -0.4 is 10.6 Å². The van der Waals surface area contributed by atoms with Crippen molar-refractivity contribution in [3.05, 3.63) is 18.1 Å². The van der Waals surface area contributed by atoms with E-state index in [4.69, 9.17) is 0 Å². The Morgan fingerprint density at radius 3 is 2.84 bits per heavy atom. The van der Waals surface area contributed by atoms with E-state index < -0.39 is 0 Å². The van der Waals surface area contributed by atoms with Crippen LogP contribution >= 0.6 is 0 Å². The molecule has 106 valence electrons. The molecule has 0 bridgehead atoms. The van der Waals surface area contributed by atoms with Crippen LogP contribution in [-0.2, 0) is 0 Å². The highest BCUT2D eigenvalue weighted by atomic mass is 16.1. The average molecular weight is 265 g/mol. The van der Waals surface area contributed by atoms with E-state index in [9.17, 15) is 4.79 Å². The maximum atomic E-state index is 11.9. The minimum Gasteiger partial charge on any atom is -0.372 e. The van der Waals surface area contributed by atoms with Crippen molar-refractivity contribution in [1.29, 1.82) is 0 Å². The van der Waals surface area contributed by atoms with Crippen LogP contribution in [0.15, 0.2) is 12.4 Å². The maximum Gasteiger partial charge on any atom is 0.271 e. The van der Waals surface area contributed by atoms with Gasteiger partial charge in [0.1, 0.15) is 11.5 Å². The summed E-state index contributed by atoms with van der Waals surface area (Å²) in [6, 6.07) is 0.518. The monoisotopic (exact) mass is 265 g/mol. The molecule has 0 fully saturated rings. The Kier molecular flexibility index (Phi) is 6.21. The Morgan fingerprint density at radius 1 is 1.47 bits per heavy atom. The molecule has 0 aliphatic carbocycles. The lowest BCUT2D eigenvalue weighted by Gasteiger charge is -2.23. The molecule has 6 nitrogen and oxygen atoms in total. The van der Waals surface area contributed by atoms with Crippen LogP contribution in [0.25, 0.3) is 0 Å². The predicted molar refractivity (Wildman–Crippen MR) is 76.3 cm³/mol. The van der Waals surface area contributed by atoms with E-state index in [-0.39, 0.29) is 5.91 Å². The van der Waals surface area contributed by atoms with Gasteiger partial charge in [0, 0.05) is 26.2 Å². The second kappa shape index (κ2) is 7.68. The third kappa shape index (κ3) is 4.82. The number of carbonyl (C=O) groups is 1. The van der Waals surface area contributed by atoms with Gasteiger partial charge >= 0.3 is 0 Å². The number of anilines is 1. The molecular formula is C13H23N5O. The highest BCUT2D eigenvalue weighted by Gasteiger charge is 2.10. The Bertz CT molecular complexity index is 410. The van der Waals surface area contributed by atoms with Crippen molar-refractivity contribution in [2.45, 2.75) is 26.3 Å². The van der Waals surface area contributed by atoms with E-state index in [2.05, 4.69) is 46.4 Å². The third-order valence-corrected chi connectivity index (χ3v) is 3.22. The lowest BCUT2D eigenvalue weighted by atomic mass is 10.2. The molecule has 1 aromatic heterocycles. The summed E-state index contributed by atoms with van der Waals surface area (Å²) >= 11 is 0. The summed E-state index contributed by atoms with van der Waals surface area (Å²) in [5, 5.41) is 5.71. The minimum atomic E-state index is -0.192. The summed E-state index contributed by atoms with van der Waals surface area (Å²) in [7, 11) is 3.80. The van der Waals surface area contributed by atoms with Crippen molar-refractivity contribution in [2.75, 3.05) is 32.5 Å². The molecule has 1 aromatic rings. The molecular weight excluding hydrogens is 242 g/mol. The summed E-state index contributed by atoms with van der Waals surface area (Å²) in [6.07, 6.45) is 4.14. The molecule has 1 atom stereocenters. The highest BCUT2D eigenvalue weighted by molar-refractivity contribution is 5.92. The molecule has 19 heavy (non-hydrogen) atoms. The molecule has 0 spiro atoms. The number of hydrogen-bond donors (Lipinski definition) is 2. The first-order valence-electron chi connectivity index (χ1n) is 6.56. The minimum absolute atomic E-state index is 0.192. The summed E-state index contributed by atoms with van der Waals surface area (Å²) < 4.78 is 0. The van der Waals surface area contributed by atoms with Crippen LogP contribution in [0.2, 0.25) is 0 Å². The number of amides is 1. The van der Waals surface area contributed by atoms with Crippen LogP contribution in [0.1, 0.15) is 30.8 Å². The third-order valence-electron chi connectivity index (χ3n) is 3.22. The fourth-order valence-electron chi connectivity index (χ4n) is 1.56. The zero-order chi connectivity index (χ0) is 14.3. The number of hydrogen-bond acceptors (Lipinski definition) is 5. The number of rotatable bonds is 7. The summed E-state index contributed by atoms with van der Waals surface area (Å²) in [5.74, 6) is 0.395. The van der Waals surface area contributed by atoms with Gasteiger partial charge in [-0.05, 0) is 20.4 Å². The fourth-order valence-corrected chi connectivity index (χ4v) is 1.56. The molecule has 6 heteroatoms. The molecule has 0 aliphatic heterocycles. The van der Waals surface area contributed by atoms with Crippen molar-refractivity contribution < 1.29 is 4.79 Å². The fraction of sp³-hybridized carbons (Fsp3) is 0.615. The predicted octanol–water partition coefficient (Wildman–Crippen LogP) is 0.978. The van der Waals surface area contributed by atoms with Gasteiger partial charge in [-0.25, -0.2) is 4.98 Å². The van der Waals surface area contributed by atoms with Crippen molar-refractivity contribution in [1.82, 2.24) is 20.2 Å². The van der Waals surface area contributed by atoms with Crippen LogP contribution in [0.3, 0.4) is 0 Å². The Labute approximate surface area is 114 Å². The molecule has 2 N–H and O–H groups in total. The molecule has 0 aromatic carbocycles. The topological polar surface area (TPSA) is 70.2 Å². The first kappa shape index (κ1) is 15.4. The number of aromatic nitrogens is 2. The van der Waals surface area contributed by atoms with Crippen molar-refractivity contribution >= 4 is 11.7 Å². The Balaban J connectivity index is 2.43. The smallest absolute Gasteiger partial charge is 0.271 e. The molecule has 0 radical (unpaired) electrons. The maximum absolute atomic E-state index is 11.9. The van der Waals surface area contributed by atoms with E-state index in [0.717, 1.165) is 13.0 Å². The Morgan fingerprint density at radius 2 is 2.21 bits per heavy atom. The van der Waals surface area contributed by atoms with Gasteiger partial charge in [0.05, 0.1) is 12.4 Å². The second-order valence-corrected chi connectivity index (χ2v) is 4.53. The van der Waals surface area contributed by atoms with E-state index in [1.807, 2.05) is 0 Å². The number of nitrogens with one attached hydrogen (secondary N) is 2. The van der Waals surface area contributed by atoms with E-state index >= 15 is 0 Å². The highest BCUT2D eigenvalue weighted by Crippen LogP contribution is 2.01. The first-order valence-corrected chi connectivity index (χ1v) is 6.56. The van der Waals surface area contributed by atoms with E-state index in [0.29, 0.717) is 24.1 Å². The van der Waals surface area contributed by atoms with Gasteiger partial charge in [-0.15, -0.1) is 0 Å². The van der Waals surface area contributed by atoms with E-state index in [1.165, 1.54) is 6.20 Å². The SMILES string of the molecule is CCC(C)N(C)CCNC(=O)c1cncc(NC)n1. The van der Waals surface area contributed by atoms with Crippen molar-refractivity contribution in [3.63, 3.8) is 0 Å². The van der Waals surface area contributed by atoms with Crippen molar-refractivity contribution in [3.8, 4) is 0 Å². The van der Waals surface area contributed by atoms with Gasteiger partial charge in [-0.2, -0.15) is 0 Å². The summed E-state index contributed by atoms with van der Waals surface area (Å²) in [5.41, 5.74) is 0.332. The Hall–Kier alpha value is -1.69. The van der Waals surface area contributed by atoms with Crippen molar-refractivity contribution in [2.24, 2.45) is 0 Å². The molecule has 0 saturated carbocycles. The van der Waals surface area contributed by atoms with Gasteiger partial charge in [0.15, 0.2) is 0 Å². The standard InChI is InChI=1S/C13H23N5O/c1-5-10(2)18(4)7-6-16-13(19)11-8-15-9-12(14-3)17-11/h8-10H,5-7H2,1-4H3,(H,14,17)(H,16,19). The van der Waals surface area contributed by atoms with Gasteiger partial charge in [0.25, 0.3) is 5.91 Å².